The lowest BCUT2D eigenvalue weighted by Crippen LogP contribution is -2.16. The molecule has 12 heavy (non-hydrogen) atoms. The van der Waals surface area contributed by atoms with E-state index in [9.17, 15) is 0 Å². The molecule has 1 aromatic heterocycles. The second kappa shape index (κ2) is 3.87. The first-order valence-corrected chi connectivity index (χ1v) is 4.92. The zero-order chi connectivity index (χ0) is 9.14. The van der Waals surface area contributed by atoms with Crippen LogP contribution in [0.3, 0.4) is 0 Å². The second-order valence-corrected chi connectivity index (χ2v) is 3.96. The Morgan fingerprint density at radius 3 is 2.67 bits per heavy atom. The van der Waals surface area contributed by atoms with Crippen LogP contribution in [-0.2, 0) is 0 Å². The van der Waals surface area contributed by atoms with Crippen LogP contribution in [-0.4, -0.2) is 12.0 Å². The van der Waals surface area contributed by atoms with Gasteiger partial charge in [0, 0.05) is 12.4 Å². The van der Waals surface area contributed by atoms with Gasteiger partial charge in [-0.05, 0) is 5.92 Å². The van der Waals surface area contributed by atoms with Crippen molar-refractivity contribution in [3.05, 3.63) is 11.1 Å². The van der Waals surface area contributed by atoms with Gasteiger partial charge in [-0.15, -0.1) is 11.3 Å². The van der Waals surface area contributed by atoms with Crippen LogP contribution in [0.15, 0.2) is 5.38 Å². The maximum atomic E-state index is 5.92. The molecule has 3 N–H and O–H groups in total. The molecule has 1 heterocycles. The zero-order valence-electron chi connectivity index (χ0n) is 7.66. The maximum Gasteiger partial charge on any atom is 0.182 e. The van der Waals surface area contributed by atoms with Crippen LogP contribution in [0.4, 0.5) is 5.13 Å². The molecule has 1 unspecified atom stereocenters. The molecule has 0 amide bonds. The van der Waals surface area contributed by atoms with Gasteiger partial charge in [-0.1, -0.05) is 13.8 Å². The van der Waals surface area contributed by atoms with Gasteiger partial charge < -0.3 is 11.1 Å². The molecule has 0 aromatic carbocycles. The fraction of sp³-hybridized carbons (Fsp3) is 0.625. The molecule has 1 rings (SSSR count). The van der Waals surface area contributed by atoms with Crippen molar-refractivity contribution in [3.63, 3.8) is 0 Å². The largest absolute Gasteiger partial charge is 0.365 e. The van der Waals surface area contributed by atoms with E-state index in [0.29, 0.717) is 5.92 Å². The first kappa shape index (κ1) is 9.48. The summed E-state index contributed by atoms with van der Waals surface area (Å²) in [4.78, 5) is 4.33. The van der Waals surface area contributed by atoms with E-state index in [2.05, 4.69) is 24.1 Å². The lowest BCUT2D eigenvalue weighted by molar-refractivity contribution is 0.505. The third kappa shape index (κ3) is 1.95. The number of nitrogens with one attached hydrogen (secondary N) is 1. The summed E-state index contributed by atoms with van der Waals surface area (Å²) >= 11 is 1.59. The number of anilines is 1. The van der Waals surface area contributed by atoms with Crippen molar-refractivity contribution in [1.82, 2.24) is 4.98 Å². The molecular weight excluding hydrogens is 170 g/mol. The molecule has 0 spiro atoms. The molecule has 0 bridgehead atoms. The summed E-state index contributed by atoms with van der Waals surface area (Å²) in [5, 5.41) is 5.93. The highest BCUT2D eigenvalue weighted by atomic mass is 32.1. The Bertz CT molecular complexity index is 244. The summed E-state index contributed by atoms with van der Waals surface area (Å²) in [6.07, 6.45) is 0. The zero-order valence-corrected chi connectivity index (χ0v) is 8.48. The Morgan fingerprint density at radius 2 is 2.25 bits per heavy atom. The summed E-state index contributed by atoms with van der Waals surface area (Å²) < 4.78 is 0. The van der Waals surface area contributed by atoms with Crippen molar-refractivity contribution in [2.45, 2.75) is 19.9 Å². The lowest BCUT2D eigenvalue weighted by atomic mass is 10.0. The number of nitrogens with two attached hydrogens (primary N) is 1. The summed E-state index contributed by atoms with van der Waals surface area (Å²) in [6, 6.07) is 0.0587. The van der Waals surface area contributed by atoms with Crippen LogP contribution >= 0.6 is 11.3 Å². The van der Waals surface area contributed by atoms with Gasteiger partial charge in [0.1, 0.15) is 0 Å². The maximum absolute atomic E-state index is 5.92. The minimum absolute atomic E-state index is 0.0587. The van der Waals surface area contributed by atoms with E-state index in [1.54, 1.807) is 11.3 Å². The highest BCUT2D eigenvalue weighted by Crippen LogP contribution is 2.23. The molecule has 4 heteroatoms. The molecule has 3 nitrogen and oxygen atoms in total. The fourth-order valence-corrected chi connectivity index (χ4v) is 1.61. The van der Waals surface area contributed by atoms with E-state index in [0.717, 1.165) is 10.8 Å². The van der Waals surface area contributed by atoms with Crippen molar-refractivity contribution < 1.29 is 0 Å². The number of hydrogen-bond acceptors (Lipinski definition) is 4. The van der Waals surface area contributed by atoms with Crippen molar-refractivity contribution in [3.8, 4) is 0 Å². The lowest BCUT2D eigenvalue weighted by Gasteiger charge is -2.11. The molecule has 0 saturated carbocycles. The normalized spacial score (nSPS) is 13.4. The van der Waals surface area contributed by atoms with Crippen LogP contribution in [0.25, 0.3) is 0 Å². The average molecular weight is 185 g/mol. The standard InChI is InChI=1S/C8H15N3S/c1-5(2)7(9)6-4-12-8(10-3)11-6/h4-5,7H,9H2,1-3H3,(H,10,11). The smallest absolute Gasteiger partial charge is 0.182 e. The van der Waals surface area contributed by atoms with E-state index in [1.807, 2.05) is 12.4 Å². The van der Waals surface area contributed by atoms with Crippen LogP contribution in [0.5, 0.6) is 0 Å². The van der Waals surface area contributed by atoms with Crippen molar-refractivity contribution in [1.29, 1.82) is 0 Å². The van der Waals surface area contributed by atoms with E-state index in [-0.39, 0.29) is 6.04 Å². The SMILES string of the molecule is CNc1nc(C(N)C(C)C)cs1. The molecule has 0 radical (unpaired) electrons. The Kier molecular flexibility index (Phi) is 3.05. The van der Waals surface area contributed by atoms with Gasteiger partial charge >= 0.3 is 0 Å². The molecule has 68 valence electrons. The van der Waals surface area contributed by atoms with E-state index in [4.69, 9.17) is 5.73 Å². The van der Waals surface area contributed by atoms with E-state index < -0.39 is 0 Å². The topological polar surface area (TPSA) is 50.9 Å². The predicted molar refractivity (Wildman–Crippen MR) is 53.4 cm³/mol. The van der Waals surface area contributed by atoms with Gasteiger partial charge in [-0.2, -0.15) is 0 Å². The molecule has 0 fully saturated rings. The third-order valence-electron chi connectivity index (χ3n) is 1.80. The summed E-state index contributed by atoms with van der Waals surface area (Å²) in [5.74, 6) is 0.441. The predicted octanol–water partition coefficient (Wildman–Crippen LogP) is 1.84. The average Bonchev–Trinajstić information content (AvgIpc) is 2.50. The van der Waals surface area contributed by atoms with Gasteiger partial charge in [0.25, 0.3) is 0 Å². The molecule has 0 aliphatic rings. The van der Waals surface area contributed by atoms with Crippen molar-refractivity contribution in [2.75, 3.05) is 12.4 Å². The number of nitrogens with zero attached hydrogens (tertiary/aromatic N) is 1. The summed E-state index contributed by atoms with van der Waals surface area (Å²) in [5.41, 5.74) is 6.91. The Labute approximate surface area is 77.0 Å². The molecule has 1 atom stereocenters. The third-order valence-corrected chi connectivity index (χ3v) is 2.67. The number of aromatic nitrogens is 1. The van der Waals surface area contributed by atoms with E-state index >= 15 is 0 Å². The number of thiazole rings is 1. The van der Waals surface area contributed by atoms with Crippen LogP contribution < -0.4 is 11.1 Å². The van der Waals surface area contributed by atoms with Gasteiger partial charge in [0.05, 0.1) is 11.7 Å². The summed E-state index contributed by atoms with van der Waals surface area (Å²) in [7, 11) is 1.86. The minimum atomic E-state index is 0.0587. The monoisotopic (exact) mass is 185 g/mol. The highest BCUT2D eigenvalue weighted by Gasteiger charge is 2.13. The first-order chi connectivity index (χ1) is 5.65. The number of hydrogen-bond donors (Lipinski definition) is 2. The van der Waals surface area contributed by atoms with Gasteiger partial charge in [0.15, 0.2) is 5.13 Å². The Morgan fingerprint density at radius 1 is 1.58 bits per heavy atom. The Hall–Kier alpha value is -0.610. The van der Waals surface area contributed by atoms with Crippen molar-refractivity contribution >= 4 is 16.5 Å². The molecule has 0 aliphatic heterocycles. The summed E-state index contributed by atoms with van der Waals surface area (Å²) in [6.45, 7) is 4.20. The minimum Gasteiger partial charge on any atom is -0.365 e. The quantitative estimate of drug-likeness (QED) is 0.755. The second-order valence-electron chi connectivity index (χ2n) is 3.10. The van der Waals surface area contributed by atoms with Gasteiger partial charge in [0.2, 0.25) is 0 Å². The number of rotatable bonds is 3. The van der Waals surface area contributed by atoms with E-state index in [1.165, 1.54) is 0 Å². The van der Waals surface area contributed by atoms with Crippen LogP contribution in [0.2, 0.25) is 0 Å². The van der Waals surface area contributed by atoms with Crippen LogP contribution in [0.1, 0.15) is 25.6 Å². The fourth-order valence-electron chi connectivity index (χ4n) is 0.896. The van der Waals surface area contributed by atoms with Gasteiger partial charge in [-0.3, -0.25) is 0 Å². The van der Waals surface area contributed by atoms with Gasteiger partial charge in [-0.25, -0.2) is 4.98 Å². The molecular formula is C8H15N3S. The molecule has 0 saturated heterocycles. The highest BCUT2D eigenvalue weighted by molar-refractivity contribution is 7.13. The van der Waals surface area contributed by atoms with Crippen LogP contribution in [0, 0.1) is 5.92 Å². The first-order valence-electron chi connectivity index (χ1n) is 4.04. The molecule has 1 aromatic rings. The Balaban J connectivity index is 2.74. The molecule has 0 aliphatic carbocycles. The van der Waals surface area contributed by atoms with Crippen molar-refractivity contribution in [2.24, 2.45) is 11.7 Å².